The van der Waals surface area contributed by atoms with Crippen LogP contribution in [-0.2, 0) is 0 Å². The number of thiophene rings is 2. The summed E-state index contributed by atoms with van der Waals surface area (Å²) in [4.78, 5) is 57.4. The van der Waals surface area contributed by atoms with Crippen LogP contribution in [0.2, 0.25) is 10.0 Å². The minimum atomic E-state index is -1.23. The van der Waals surface area contributed by atoms with Crippen molar-refractivity contribution in [1.82, 2.24) is 9.97 Å². The number of hydrogen-bond acceptors (Lipinski definition) is 10. The Kier molecular flexibility index (Phi) is 11.0. The highest BCUT2D eigenvalue weighted by Gasteiger charge is 2.24. The van der Waals surface area contributed by atoms with Crippen molar-refractivity contribution >= 4 is 123 Å². The highest BCUT2D eigenvalue weighted by molar-refractivity contribution is 7.21. The molecule has 55 heavy (non-hydrogen) atoms. The maximum absolute atomic E-state index is 13.8. The Morgan fingerprint density at radius 1 is 0.618 bits per heavy atom. The van der Waals surface area contributed by atoms with Gasteiger partial charge >= 0.3 is 11.9 Å². The number of nitrogens with zero attached hydrogens (tertiary/aromatic N) is 2. The van der Waals surface area contributed by atoms with Gasteiger partial charge in [-0.15, -0.1) is 45.3 Å². The van der Waals surface area contributed by atoms with Crippen LogP contribution in [0.3, 0.4) is 0 Å². The molecule has 2 amide bonds. The molecule has 4 heterocycles. The molecule has 4 aromatic carbocycles. The van der Waals surface area contributed by atoms with Crippen LogP contribution in [-0.4, -0.2) is 43.9 Å². The molecule has 274 valence electrons. The fraction of sp³-hybridized carbons (Fsp3) is 0. The van der Waals surface area contributed by atoms with Crippen molar-refractivity contribution in [3.05, 3.63) is 139 Å². The van der Waals surface area contributed by atoms with Crippen LogP contribution >= 0.6 is 68.5 Å². The van der Waals surface area contributed by atoms with E-state index < -0.39 is 29.6 Å². The van der Waals surface area contributed by atoms with Crippen LogP contribution in [0.1, 0.15) is 40.3 Å². The number of nitrogens with one attached hydrogen (secondary N) is 2. The van der Waals surface area contributed by atoms with Crippen LogP contribution in [0.25, 0.3) is 42.7 Å². The third-order valence-electron chi connectivity index (χ3n) is 7.83. The quantitative estimate of drug-likeness (QED) is 0.118. The topological polar surface area (TPSA) is 159 Å². The standard InChI is InChI=1S/C19H10ClFN2O3S2.C19H11ClN2O3S2/c20-11-6-5-9(7-12(11)21)10-8-27-17(15(10)19(25)26)23-16(24)18-22-13-3-1-2-4-14(13)28-18;20-11-7-5-10(6-8-11)12-9-26-17(15(12)19(24)25)22-16(23)18-21-13-3-1-2-4-14(13)27-18/h1-8H,(H,23,24)(H,25,26);1-9H,(H,22,23)(H,24,25). The van der Waals surface area contributed by atoms with E-state index in [0.29, 0.717) is 32.8 Å². The van der Waals surface area contributed by atoms with E-state index in [1.54, 1.807) is 41.1 Å². The molecule has 0 aliphatic rings. The summed E-state index contributed by atoms with van der Waals surface area (Å²) >= 11 is 16.3. The summed E-state index contributed by atoms with van der Waals surface area (Å²) in [6.07, 6.45) is 0. The van der Waals surface area contributed by atoms with Crippen molar-refractivity contribution in [3.8, 4) is 22.3 Å². The molecule has 4 N–H and O–H groups in total. The summed E-state index contributed by atoms with van der Waals surface area (Å²) in [6, 6.07) is 25.7. The first-order chi connectivity index (χ1) is 26.5. The average molecular weight is 848 g/mol. The minimum absolute atomic E-state index is 0.0526. The molecule has 0 aliphatic heterocycles. The smallest absolute Gasteiger partial charge is 0.339 e. The zero-order chi connectivity index (χ0) is 38.8. The lowest BCUT2D eigenvalue weighted by Gasteiger charge is -2.05. The predicted molar refractivity (Wildman–Crippen MR) is 219 cm³/mol. The zero-order valence-corrected chi connectivity index (χ0v) is 32.3. The molecule has 0 radical (unpaired) electrons. The molecule has 0 saturated heterocycles. The number of rotatable bonds is 8. The first-order valence-electron chi connectivity index (χ1n) is 15.7. The molecule has 0 aliphatic carbocycles. The molecule has 10 nitrogen and oxygen atoms in total. The lowest BCUT2D eigenvalue weighted by molar-refractivity contribution is 0.0688. The number of aromatic carboxylic acids is 2. The van der Waals surface area contributed by atoms with Gasteiger partial charge in [-0.2, -0.15) is 0 Å². The van der Waals surface area contributed by atoms with E-state index >= 15 is 0 Å². The molecule has 0 spiro atoms. The monoisotopic (exact) mass is 846 g/mol. The second kappa shape index (κ2) is 16.0. The van der Waals surface area contributed by atoms with E-state index in [2.05, 4.69) is 20.6 Å². The number of anilines is 2. The highest BCUT2D eigenvalue weighted by Crippen LogP contribution is 2.38. The Morgan fingerprint density at radius 2 is 1.07 bits per heavy atom. The Hall–Kier alpha value is -5.55. The van der Waals surface area contributed by atoms with Crippen molar-refractivity contribution in [2.24, 2.45) is 0 Å². The molecule has 0 saturated carbocycles. The first kappa shape index (κ1) is 37.8. The normalized spacial score (nSPS) is 10.9. The molecule has 8 aromatic rings. The molecule has 4 aromatic heterocycles. The third-order valence-corrected chi connectivity index (χ3v) is 12.2. The van der Waals surface area contributed by atoms with Crippen LogP contribution in [0.15, 0.2) is 102 Å². The first-order valence-corrected chi connectivity index (χ1v) is 19.9. The lowest BCUT2D eigenvalue weighted by atomic mass is 10.0. The second-order valence-electron chi connectivity index (χ2n) is 11.3. The molecular formula is C38H21Cl2FN4O6S4. The zero-order valence-electron chi connectivity index (χ0n) is 27.5. The molecular weight excluding hydrogens is 827 g/mol. The van der Waals surface area contributed by atoms with Crippen LogP contribution in [0, 0.1) is 5.82 Å². The van der Waals surface area contributed by atoms with Gasteiger partial charge in [-0.1, -0.05) is 65.7 Å². The number of para-hydroxylation sites is 2. The number of amides is 2. The third kappa shape index (κ3) is 8.12. The SMILES string of the molecule is O=C(Nc1scc(-c2ccc(Cl)c(F)c2)c1C(=O)O)c1nc2ccccc2s1.O=C(Nc1scc(-c2ccc(Cl)cc2)c1C(=O)O)c1nc2ccccc2s1. The number of benzene rings is 4. The Bertz CT molecular complexity index is 2710. The number of carboxylic acid groups (broad SMARTS) is 2. The maximum atomic E-state index is 13.8. The van der Waals surface area contributed by atoms with Gasteiger partial charge in [0.1, 0.15) is 26.9 Å². The van der Waals surface area contributed by atoms with Crippen LogP contribution in [0.4, 0.5) is 14.4 Å². The van der Waals surface area contributed by atoms with Gasteiger partial charge in [-0.25, -0.2) is 23.9 Å². The Labute approximate surface area is 336 Å². The van der Waals surface area contributed by atoms with Crippen molar-refractivity contribution in [3.63, 3.8) is 0 Å². The van der Waals surface area contributed by atoms with Gasteiger partial charge in [0.25, 0.3) is 11.8 Å². The van der Waals surface area contributed by atoms with Crippen molar-refractivity contribution in [2.75, 3.05) is 10.6 Å². The fourth-order valence-electron chi connectivity index (χ4n) is 5.29. The van der Waals surface area contributed by atoms with E-state index in [4.69, 9.17) is 23.2 Å². The van der Waals surface area contributed by atoms with Crippen molar-refractivity contribution in [2.45, 2.75) is 0 Å². The van der Waals surface area contributed by atoms with E-state index in [0.717, 1.165) is 43.7 Å². The van der Waals surface area contributed by atoms with Crippen LogP contribution < -0.4 is 10.6 Å². The van der Waals surface area contributed by atoms with E-state index in [1.165, 1.54) is 34.8 Å². The second-order valence-corrected chi connectivity index (χ2v) is 16.0. The summed E-state index contributed by atoms with van der Waals surface area (Å²) in [5, 5.41) is 29.3. The molecule has 0 fully saturated rings. The summed E-state index contributed by atoms with van der Waals surface area (Å²) in [5.41, 5.74) is 3.28. The summed E-state index contributed by atoms with van der Waals surface area (Å²) < 4.78 is 15.5. The summed E-state index contributed by atoms with van der Waals surface area (Å²) in [6.45, 7) is 0. The van der Waals surface area contributed by atoms with E-state index in [-0.39, 0.29) is 36.2 Å². The van der Waals surface area contributed by atoms with Gasteiger partial charge in [0, 0.05) is 26.9 Å². The van der Waals surface area contributed by atoms with E-state index in [9.17, 15) is 33.8 Å². The van der Waals surface area contributed by atoms with Crippen LogP contribution in [0.5, 0.6) is 0 Å². The van der Waals surface area contributed by atoms with Gasteiger partial charge in [-0.3, -0.25) is 9.59 Å². The number of carbonyl (C=O) groups is 4. The average Bonchev–Trinajstić information content (AvgIpc) is 3.98. The van der Waals surface area contributed by atoms with Crippen molar-refractivity contribution < 1.29 is 33.8 Å². The van der Waals surface area contributed by atoms with Gasteiger partial charge in [0.05, 0.1) is 25.5 Å². The van der Waals surface area contributed by atoms with Gasteiger partial charge in [0.2, 0.25) is 0 Å². The summed E-state index contributed by atoms with van der Waals surface area (Å²) in [7, 11) is 0. The number of fused-ring (bicyclic) bond motifs is 2. The molecule has 17 heteroatoms. The van der Waals surface area contributed by atoms with Crippen molar-refractivity contribution in [1.29, 1.82) is 0 Å². The number of thiazole rings is 2. The Morgan fingerprint density at radius 3 is 1.53 bits per heavy atom. The molecule has 8 rings (SSSR count). The number of carboxylic acids is 2. The maximum Gasteiger partial charge on any atom is 0.339 e. The number of carbonyl (C=O) groups excluding carboxylic acids is 2. The van der Waals surface area contributed by atoms with E-state index in [1.807, 2.05) is 42.5 Å². The number of aromatic nitrogens is 2. The Balaban J connectivity index is 0.000000169. The predicted octanol–water partition coefficient (Wildman–Crippen LogP) is 11.4. The van der Waals surface area contributed by atoms with Gasteiger partial charge in [0.15, 0.2) is 10.0 Å². The highest BCUT2D eigenvalue weighted by atomic mass is 35.5. The number of hydrogen-bond donors (Lipinski definition) is 4. The largest absolute Gasteiger partial charge is 0.478 e. The number of halogens is 3. The minimum Gasteiger partial charge on any atom is -0.478 e. The lowest BCUT2D eigenvalue weighted by Crippen LogP contribution is -2.13. The van der Waals surface area contributed by atoms with Gasteiger partial charge in [-0.05, 0) is 59.7 Å². The van der Waals surface area contributed by atoms with Gasteiger partial charge < -0.3 is 20.8 Å². The molecule has 0 unspecified atom stereocenters. The fourth-order valence-corrected chi connectivity index (χ4v) is 9.17. The molecule has 0 bridgehead atoms. The molecule has 0 atom stereocenters. The summed E-state index contributed by atoms with van der Waals surface area (Å²) in [5.74, 6) is -3.92.